The predicted octanol–water partition coefficient (Wildman–Crippen LogP) is 13.3. The maximum absolute atomic E-state index is 12.4. The van der Waals surface area contributed by atoms with Crippen molar-refractivity contribution < 1.29 is 52.0 Å². The van der Waals surface area contributed by atoms with Crippen LogP contribution in [0.5, 0.6) is 0 Å². The number of terminal acetylenes is 1. The Morgan fingerprint density at radius 3 is 1.37 bits per heavy atom. The molecule has 11 nitrogen and oxygen atoms in total. The fourth-order valence-electron chi connectivity index (χ4n) is 7.80. The van der Waals surface area contributed by atoms with Crippen LogP contribution >= 0.6 is 0 Å². The lowest BCUT2D eigenvalue weighted by atomic mass is 9.94. The summed E-state index contributed by atoms with van der Waals surface area (Å²) in [6.07, 6.45) is 5.06. The molecule has 13 atom stereocenters. The van der Waals surface area contributed by atoms with Crippen molar-refractivity contribution in [2.45, 2.75) is 221 Å². The SMILES string of the molecule is C#C[C@@H](CC)O[Si](C)(C)C(C)(C)C.CC[C@H](C#C[C@@H](O)[C@@H](OCc1ccccc1)[C@H](C)CC#C[C@H]1OC(=O)[C@H](C)[C@H]1OCc1ccccc1)O[Si](C)(C)C(C)(C)C.C[C@H](C=O)[C@H](C)CC#C[C@H]1OC(=O)[C@H](C)[C@H]1OCc1ccccc1. The summed E-state index contributed by atoms with van der Waals surface area (Å²) in [6, 6.07) is 29.5. The second kappa shape index (κ2) is 33.7. The molecule has 2 heterocycles. The highest BCUT2D eigenvalue weighted by Gasteiger charge is 2.44. The molecule has 2 fully saturated rings. The number of ether oxygens (including phenoxy) is 5. The van der Waals surface area contributed by atoms with E-state index in [9.17, 15) is 19.5 Å². The monoisotopic (exact) mass is 1140 g/mol. The molecule has 0 bridgehead atoms. The molecule has 2 aliphatic rings. The molecule has 13 heteroatoms. The molecule has 5 rings (SSSR count). The summed E-state index contributed by atoms with van der Waals surface area (Å²) in [7, 11) is -3.67. The number of aliphatic hydroxyl groups is 1. The van der Waals surface area contributed by atoms with Crippen molar-refractivity contribution >= 4 is 34.9 Å². The van der Waals surface area contributed by atoms with Crippen molar-refractivity contribution in [1.82, 2.24) is 0 Å². The summed E-state index contributed by atoms with van der Waals surface area (Å²) in [6.45, 7) is 36.9. The van der Waals surface area contributed by atoms with E-state index >= 15 is 0 Å². The Balaban J connectivity index is 0.000000386. The number of benzene rings is 3. The van der Waals surface area contributed by atoms with E-state index in [4.69, 9.17) is 39.0 Å². The molecule has 3 aromatic carbocycles. The minimum Gasteiger partial charge on any atom is -0.446 e. The van der Waals surface area contributed by atoms with Gasteiger partial charge in [-0.1, -0.05) is 209 Å². The topological polar surface area (TPSA) is 136 Å². The van der Waals surface area contributed by atoms with Crippen LogP contribution in [0.25, 0.3) is 0 Å². The second-order valence-electron chi connectivity index (χ2n) is 24.5. The highest BCUT2D eigenvalue weighted by atomic mass is 28.4. The lowest BCUT2D eigenvalue weighted by Crippen LogP contribution is -2.43. The molecule has 0 amide bonds. The summed E-state index contributed by atoms with van der Waals surface area (Å²) in [5.74, 6) is 20.0. The Morgan fingerprint density at radius 2 is 1.00 bits per heavy atom. The van der Waals surface area contributed by atoms with Crippen LogP contribution in [0.3, 0.4) is 0 Å². The first-order valence-electron chi connectivity index (χ1n) is 28.9. The van der Waals surface area contributed by atoms with Crippen LogP contribution in [-0.4, -0.2) is 88.8 Å². The second-order valence-corrected chi connectivity index (χ2v) is 34.0. The zero-order valence-electron chi connectivity index (χ0n) is 51.8. The standard InChI is InChI=1S/C37H50O6Si.C20H24O4.C11H22OSi/c1-9-31(43-44(7,8)37(4,5)6)23-24-32(38)34(40-25-29-18-12-10-13-19-29)27(2)17-16-22-33-35(28(3)36(39)42-33)41-26-30-20-14-11-15-21-30;1-14(15(2)12-21)8-7-11-18-19(16(3)20(22)24-18)23-13-17-9-5-4-6-10-17;1-8-10(9-2)12-13(6,7)11(3,4)5/h10-15,18-21,27-28,31-35,38H,9,17,25-26H2,1-8H3;4-6,9-10,12,14-16,18-19H,8,13H2,1-3H3;1,10H,9H2,2-7H3/t27-,28-,31-,32-,33-,34+,35-;14-,15-,16-,18-,19-;10-/m110/s1. The minimum atomic E-state index is -2.02. The van der Waals surface area contributed by atoms with Gasteiger partial charge in [0.25, 0.3) is 0 Å². The first kappa shape index (κ1) is 70.0. The van der Waals surface area contributed by atoms with Gasteiger partial charge in [0, 0.05) is 18.8 Å². The molecule has 0 saturated carbocycles. The number of hydrogen-bond donors (Lipinski definition) is 1. The number of carbonyl (C=O) groups is 3. The number of carbonyl (C=O) groups excluding carboxylic acids is 3. The van der Waals surface area contributed by atoms with Crippen LogP contribution in [-0.2, 0) is 66.7 Å². The lowest BCUT2D eigenvalue weighted by Gasteiger charge is -2.38. The highest BCUT2D eigenvalue weighted by Crippen LogP contribution is 2.39. The normalized spacial score (nSPS) is 21.4. The third-order valence-corrected chi connectivity index (χ3v) is 24.8. The Bertz CT molecular complexity index is 2600. The van der Waals surface area contributed by atoms with Gasteiger partial charge in [-0.3, -0.25) is 9.59 Å². The molecule has 0 spiro atoms. The van der Waals surface area contributed by atoms with Crippen molar-refractivity contribution in [2.24, 2.45) is 29.6 Å². The van der Waals surface area contributed by atoms with Crippen molar-refractivity contribution in [3.05, 3.63) is 108 Å². The van der Waals surface area contributed by atoms with E-state index < -0.39 is 53.1 Å². The lowest BCUT2D eigenvalue weighted by molar-refractivity contribution is -0.143. The molecular formula is C68H96O11Si2. The van der Waals surface area contributed by atoms with Gasteiger partial charge in [0.15, 0.2) is 28.8 Å². The van der Waals surface area contributed by atoms with Crippen LogP contribution in [0, 0.1) is 77.5 Å². The predicted molar refractivity (Wildman–Crippen MR) is 329 cm³/mol. The van der Waals surface area contributed by atoms with E-state index in [1.165, 1.54) is 0 Å². The van der Waals surface area contributed by atoms with Crippen molar-refractivity contribution in [3.8, 4) is 47.9 Å². The fourth-order valence-corrected chi connectivity index (χ4v) is 10.4. The zero-order valence-corrected chi connectivity index (χ0v) is 53.8. The van der Waals surface area contributed by atoms with E-state index in [2.05, 4.69) is 116 Å². The molecule has 0 aliphatic carbocycles. The molecule has 2 saturated heterocycles. The molecule has 0 unspecified atom stereocenters. The van der Waals surface area contributed by atoms with Gasteiger partial charge >= 0.3 is 11.9 Å². The fraction of sp³-hybridized carbons (Fsp3) is 0.574. The zero-order chi connectivity index (χ0) is 60.6. The van der Waals surface area contributed by atoms with Gasteiger partial charge in [0.05, 0.1) is 37.8 Å². The summed E-state index contributed by atoms with van der Waals surface area (Å²) in [5, 5.41) is 11.6. The summed E-state index contributed by atoms with van der Waals surface area (Å²) in [4.78, 5) is 35.0. The maximum Gasteiger partial charge on any atom is 0.312 e. The van der Waals surface area contributed by atoms with Gasteiger partial charge in [0.1, 0.15) is 36.8 Å². The van der Waals surface area contributed by atoms with E-state index in [0.717, 1.165) is 35.8 Å². The summed E-state index contributed by atoms with van der Waals surface area (Å²) >= 11 is 0. The molecule has 1 N–H and O–H groups in total. The first-order chi connectivity index (χ1) is 38.1. The summed E-state index contributed by atoms with van der Waals surface area (Å²) < 4.78 is 41.7. The van der Waals surface area contributed by atoms with Crippen LogP contribution in [0.15, 0.2) is 91.0 Å². The van der Waals surface area contributed by atoms with Gasteiger partial charge in [-0.15, -0.1) is 6.42 Å². The molecule has 3 aromatic rings. The average molecular weight is 1150 g/mol. The number of hydrogen-bond acceptors (Lipinski definition) is 11. The highest BCUT2D eigenvalue weighted by molar-refractivity contribution is 6.74. The quantitative estimate of drug-likeness (QED) is 0.0472. The van der Waals surface area contributed by atoms with E-state index in [1.807, 2.05) is 126 Å². The Kier molecular flexibility index (Phi) is 29.1. The molecule has 0 radical (unpaired) electrons. The molecular weight excluding hydrogens is 1050 g/mol. The van der Waals surface area contributed by atoms with Gasteiger partial charge in [-0.2, -0.15) is 0 Å². The number of aliphatic hydroxyl groups excluding tert-OH is 1. The molecule has 81 heavy (non-hydrogen) atoms. The van der Waals surface area contributed by atoms with Crippen molar-refractivity contribution in [1.29, 1.82) is 0 Å². The van der Waals surface area contributed by atoms with Crippen LogP contribution in [0.4, 0.5) is 0 Å². The van der Waals surface area contributed by atoms with Crippen molar-refractivity contribution in [2.75, 3.05) is 0 Å². The van der Waals surface area contributed by atoms with Gasteiger partial charge in [-0.05, 0) is 91.5 Å². The number of rotatable bonds is 21. The van der Waals surface area contributed by atoms with Gasteiger partial charge < -0.3 is 42.4 Å². The van der Waals surface area contributed by atoms with Crippen LogP contribution < -0.4 is 0 Å². The minimum absolute atomic E-state index is 0.000826. The third kappa shape index (κ3) is 23.1. The van der Waals surface area contributed by atoms with E-state index in [1.54, 1.807) is 6.92 Å². The summed E-state index contributed by atoms with van der Waals surface area (Å²) in [5.41, 5.74) is 3.07. The van der Waals surface area contributed by atoms with Gasteiger partial charge in [0.2, 0.25) is 0 Å². The third-order valence-electron chi connectivity index (χ3n) is 15.8. The first-order valence-corrected chi connectivity index (χ1v) is 34.7. The largest absolute Gasteiger partial charge is 0.446 e. The number of cyclic esters (lactones) is 2. The van der Waals surface area contributed by atoms with Crippen LogP contribution in [0.1, 0.15) is 132 Å². The average Bonchev–Trinajstić information content (AvgIpc) is 3.86. The van der Waals surface area contributed by atoms with Gasteiger partial charge in [-0.25, -0.2) is 0 Å². The van der Waals surface area contributed by atoms with Crippen LogP contribution in [0.2, 0.25) is 36.3 Å². The maximum atomic E-state index is 12.4. The van der Waals surface area contributed by atoms with Crippen molar-refractivity contribution in [3.63, 3.8) is 0 Å². The molecule has 2 aliphatic heterocycles. The number of aldehydes is 1. The Morgan fingerprint density at radius 1 is 0.617 bits per heavy atom. The number of esters is 2. The Hall–Kier alpha value is -5.30. The Labute approximate surface area is 490 Å². The molecule has 442 valence electrons. The van der Waals surface area contributed by atoms with E-state index in [-0.39, 0.29) is 64.0 Å². The molecule has 0 aromatic heterocycles. The smallest absolute Gasteiger partial charge is 0.312 e. The van der Waals surface area contributed by atoms with E-state index in [0.29, 0.717) is 32.7 Å².